The van der Waals surface area contributed by atoms with Gasteiger partial charge in [-0.25, -0.2) is 15.0 Å². The van der Waals surface area contributed by atoms with Gasteiger partial charge in [-0.2, -0.15) is 0 Å². The normalized spacial score (nSPS) is 11.5. The summed E-state index contributed by atoms with van der Waals surface area (Å²) in [4.78, 5) is 15.1. The molecule has 0 spiro atoms. The van der Waals surface area contributed by atoms with Gasteiger partial charge in [0.2, 0.25) is 0 Å². The van der Waals surface area contributed by atoms with Crippen molar-refractivity contribution in [3.63, 3.8) is 0 Å². The average molecular weight is 662 g/mol. The van der Waals surface area contributed by atoms with Crippen LogP contribution in [-0.2, 0) is 0 Å². The summed E-state index contributed by atoms with van der Waals surface area (Å²) in [5, 5.41) is 10.1. The van der Waals surface area contributed by atoms with Crippen LogP contribution in [0, 0.1) is 0 Å². The Hall–Kier alpha value is -6.97. The number of aromatic nitrogens is 3. The van der Waals surface area contributed by atoms with Gasteiger partial charge in [0.15, 0.2) is 17.5 Å². The zero-order chi connectivity index (χ0) is 34.4. The molecule has 0 atom stereocenters. The first-order valence-corrected chi connectivity index (χ1v) is 17.6. The minimum atomic E-state index is 0.639. The largest absolute Gasteiger partial charge is 0.208 e. The van der Waals surface area contributed by atoms with Crippen LogP contribution in [0.2, 0.25) is 0 Å². The van der Waals surface area contributed by atoms with Crippen molar-refractivity contribution in [2.75, 3.05) is 0 Å². The Morgan fingerprint density at radius 3 is 1.42 bits per heavy atom. The van der Waals surface area contributed by atoms with Crippen molar-refractivity contribution in [3.05, 3.63) is 188 Å². The van der Waals surface area contributed by atoms with Crippen LogP contribution in [0.1, 0.15) is 0 Å². The summed E-state index contributed by atoms with van der Waals surface area (Å²) in [5.41, 5.74) is 7.35. The lowest BCUT2D eigenvalue weighted by Crippen LogP contribution is -2.00. The standard InChI is InChI=1S/C49H31N3/c1-3-11-32(12-4-1)37-16-9-18-40(29-37)48-50-47(36-14-5-2-6-15-36)51-49(52-48)41-19-10-17-38(30-41)39-24-22-34-21-23-35-26-27-43-42-20-8-7-13-33(42)25-28-44(43)46(35)45(34)31-39/h1-31H. The van der Waals surface area contributed by atoms with Crippen LogP contribution in [0.5, 0.6) is 0 Å². The molecule has 0 unspecified atom stereocenters. The summed E-state index contributed by atoms with van der Waals surface area (Å²) in [7, 11) is 0. The smallest absolute Gasteiger partial charge is 0.164 e. The van der Waals surface area contributed by atoms with Gasteiger partial charge in [-0.1, -0.05) is 170 Å². The highest BCUT2D eigenvalue weighted by Gasteiger charge is 2.15. The second-order valence-corrected chi connectivity index (χ2v) is 13.2. The molecule has 1 heterocycles. The Bertz CT molecular complexity index is 2950. The van der Waals surface area contributed by atoms with Crippen molar-refractivity contribution in [1.82, 2.24) is 15.0 Å². The van der Waals surface area contributed by atoms with E-state index < -0.39 is 0 Å². The fourth-order valence-electron chi connectivity index (χ4n) is 7.48. The molecule has 9 aromatic carbocycles. The highest BCUT2D eigenvalue weighted by atomic mass is 15.0. The third-order valence-corrected chi connectivity index (χ3v) is 10.1. The second-order valence-electron chi connectivity index (χ2n) is 13.2. The van der Waals surface area contributed by atoms with E-state index in [1.807, 2.05) is 36.4 Å². The van der Waals surface area contributed by atoms with E-state index in [4.69, 9.17) is 15.0 Å². The maximum absolute atomic E-state index is 5.10. The van der Waals surface area contributed by atoms with Crippen molar-refractivity contribution < 1.29 is 0 Å². The zero-order valence-corrected chi connectivity index (χ0v) is 28.2. The first-order chi connectivity index (χ1) is 25.7. The van der Waals surface area contributed by atoms with Crippen LogP contribution in [0.4, 0.5) is 0 Å². The van der Waals surface area contributed by atoms with Crippen LogP contribution in [0.15, 0.2) is 188 Å². The highest BCUT2D eigenvalue weighted by Crippen LogP contribution is 2.38. The van der Waals surface area contributed by atoms with Crippen molar-refractivity contribution in [3.8, 4) is 56.4 Å². The number of fused-ring (bicyclic) bond motifs is 7. The molecule has 0 aliphatic rings. The lowest BCUT2D eigenvalue weighted by atomic mass is 9.92. The number of hydrogen-bond donors (Lipinski definition) is 0. The van der Waals surface area contributed by atoms with Crippen molar-refractivity contribution >= 4 is 43.1 Å². The van der Waals surface area contributed by atoms with Gasteiger partial charge in [-0.05, 0) is 83.5 Å². The molecule has 10 rings (SSSR count). The monoisotopic (exact) mass is 661 g/mol. The van der Waals surface area contributed by atoms with Crippen molar-refractivity contribution in [2.45, 2.75) is 0 Å². The van der Waals surface area contributed by atoms with E-state index in [2.05, 4.69) is 152 Å². The third-order valence-electron chi connectivity index (χ3n) is 10.1. The molecule has 3 nitrogen and oxygen atoms in total. The Balaban J connectivity index is 1.12. The number of nitrogens with zero attached hydrogens (tertiary/aromatic N) is 3. The van der Waals surface area contributed by atoms with E-state index >= 15 is 0 Å². The van der Waals surface area contributed by atoms with Crippen molar-refractivity contribution in [1.29, 1.82) is 0 Å². The number of hydrogen-bond acceptors (Lipinski definition) is 3. The quantitative estimate of drug-likeness (QED) is 0.172. The minimum Gasteiger partial charge on any atom is -0.208 e. The van der Waals surface area contributed by atoms with Gasteiger partial charge < -0.3 is 0 Å². The van der Waals surface area contributed by atoms with E-state index in [0.717, 1.165) is 38.9 Å². The molecule has 0 bridgehead atoms. The lowest BCUT2D eigenvalue weighted by molar-refractivity contribution is 1.07. The molecule has 0 aliphatic heterocycles. The van der Waals surface area contributed by atoms with Crippen LogP contribution in [0.3, 0.4) is 0 Å². The molecule has 0 N–H and O–H groups in total. The maximum Gasteiger partial charge on any atom is 0.164 e. The fourth-order valence-corrected chi connectivity index (χ4v) is 7.48. The van der Waals surface area contributed by atoms with Crippen molar-refractivity contribution in [2.24, 2.45) is 0 Å². The molecule has 0 aliphatic carbocycles. The van der Waals surface area contributed by atoms with Gasteiger partial charge in [-0.15, -0.1) is 0 Å². The summed E-state index contributed by atoms with van der Waals surface area (Å²) in [6, 6.07) is 66.5. The predicted octanol–water partition coefficient (Wildman–Crippen LogP) is 12.8. The van der Waals surface area contributed by atoms with Gasteiger partial charge in [-0.3, -0.25) is 0 Å². The molecule has 0 fully saturated rings. The van der Waals surface area contributed by atoms with Crippen LogP contribution >= 0.6 is 0 Å². The number of benzene rings is 9. The Morgan fingerprint density at radius 2 is 0.692 bits per heavy atom. The lowest BCUT2D eigenvalue weighted by Gasteiger charge is -2.13. The van der Waals surface area contributed by atoms with Crippen LogP contribution in [0.25, 0.3) is 99.5 Å². The van der Waals surface area contributed by atoms with Gasteiger partial charge in [0.25, 0.3) is 0 Å². The molecule has 10 aromatic rings. The summed E-state index contributed by atoms with van der Waals surface area (Å²) in [5.74, 6) is 1.93. The van der Waals surface area contributed by atoms with E-state index in [0.29, 0.717) is 17.5 Å². The van der Waals surface area contributed by atoms with Gasteiger partial charge >= 0.3 is 0 Å². The molecule has 52 heavy (non-hydrogen) atoms. The molecule has 3 heteroatoms. The highest BCUT2D eigenvalue weighted by molar-refractivity contribution is 6.25. The predicted molar refractivity (Wildman–Crippen MR) is 217 cm³/mol. The molecular weight excluding hydrogens is 631 g/mol. The summed E-state index contributed by atoms with van der Waals surface area (Å²) < 4.78 is 0. The Labute approximate surface area is 301 Å². The van der Waals surface area contributed by atoms with Crippen LogP contribution in [-0.4, -0.2) is 15.0 Å². The molecule has 1 aromatic heterocycles. The first kappa shape index (κ1) is 29.9. The number of rotatable bonds is 5. The van der Waals surface area contributed by atoms with E-state index in [-0.39, 0.29) is 0 Å². The van der Waals surface area contributed by atoms with Gasteiger partial charge in [0, 0.05) is 16.7 Å². The Kier molecular flexibility index (Phi) is 7.14. The summed E-state index contributed by atoms with van der Waals surface area (Å²) in [6.45, 7) is 0. The van der Waals surface area contributed by atoms with E-state index in [1.54, 1.807) is 0 Å². The molecule has 0 radical (unpaired) electrons. The summed E-state index contributed by atoms with van der Waals surface area (Å²) in [6.07, 6.45) is 0. The molecular formula is C49H31N3. The van der Waals surface area contributed by atoms with E-state index in [1.165, 1.54) is 43.1 Å². The fraction of sp³-hybridized carbons (Fsp3) is 0. The second kappa shape index (κ2) is 12.4. The van der Waals surface area contributed by atoms with Gasteiger partial charge in [0.1, 0.15) is 0 Å². The molecule has 0 amide bonds. The van der Waals surface area contributed by atoms with E-state index in [9.17, 15) is 0 Å². The SMILES string of the molecule is c1ccc(-c2cccc(-c3nc(-c4ccccc4)nc(-c4cccc(-c5ccc6ccc7ccc8c9ccccc9ccc8c7c6c5)c4)n3)c2)cc1. The molecule has 0 saturated carbocycles. The topological polar surface area (TPSA) is 38.7 Å². The Morgan fingerprint density at radius 1 is 0.231 bits per heavy atom. The molecule has 0 saturated heterocycles. The third kappa shape index (κ3) is 5.28. The maximum atomic E-state index is 5.10. The van der Waals surface area contributed by atoms with Gasteiger partial charge in [0.05, 0.1) is 0 Å². The average Bonchev–Trinajstić information content (AvgIpc) is 3.23. The zero-order valence-electron chi connectivity index (χ0n) is 28.2. The first-order valence-electron chi connectivity index (χ1n) is 17.6. The minimum absolute atomic E-state index is 0.639. The van der Waals surface area contributed by atoms with Crippen LogP contribution < -0.4 is 0 Å². The summed E-state index contributed by atoms with van der Waals surface area (Å²) >= 11 is 0. The molecule has 242 valence electrons.